The van der Waals surface area contributed by atoms with Gasteiger partial charge in [0.1, 0.15) is 35.4 Å². The van der Waals surface area contributed by atoms with Crippen molar-refractivity contribution in [3.05, 3.63) is 112 Å². The normalized spacial score (nSPS) is 18.6. The van der Waals surface area contributed by atoms with Gasteiger partial charge in [-0.25, -0.2) is 14.6 Å². The summed E-state index contributed by atoms with van der Waals surface area (Å²) in [5.74, 6) is 1.49. The molecule has 3 heterocycles. The van der Waals surface area contributed by atoms with E-state index in [2.05, 4.69) is 87.3 Å². The van der Waals surface area contributed by atoms with Crippen molar-refractivity contribution in [1.82, 2.24) is 29.1 Å². The monoisotopic (exact) mass is 954 g/mol. The van der Waals surface area contributed by atoms with Gasteiger partial charge in [-0.05, 0) is 86.8 Å². The van der Waals surface area contributed by atoms with E-state index in [0.29, 0.717) is 11.5 Å². The molecule has 5 aromatic rings. The van der Waals surface area contributed by atoms with Gasteiger partial charge >= 0.3 is 0 Å². The van der Waals surface area contributed by atoms with Gasteiger partial charge in [0, 0.05) is 26.2 Å². The van der Waals surface area contributed by atoms with Crippen LogP contribution in [0.25, 0.3) is 11.2 Å². The largest absolute Gasteiger partial charge is 0.497 e. The summed E-state index contributed by atoms with van der Waals surface area (Å²) in [6.45, 7) is 19.4. The van der Waals surface area contributed by atoms with E-state index in [0.717, 1.165) is 16.7 Å². The van der Waals surface area contributed by atoms with E-state index in [-0.39, 0.29) is 53.9 Å². The predicted octanol–water partition coefficient (Wildman–Crippen LogP) is 9.32. The Hall–Kier alpha value is -5.02. The summed E-state index contributed by atoms with van der Waals surface area (Å²) in [4.78, 5) is 31.9. The van der Waals surface area contributed by atoms with E-state index < -0.39 is 52.5 Å². The van der Waals surface area contributed by atoms with Crippen molar-refractivity contribution in [2.75, 3.05) is 41.5 Å². The van der Waals surface area contributed by atoms with Gasteiger partial charge in [-0.2, -0.15) is 10.2 Å². The Labute approximate surface area is 397 Å². The highest BCUT2D eigenvalue weighted by Crippen LogP contribution is 2.53. The molecule has 0 saturated carbocycles. The lowest BCUT2D eigenvalue weighted by atomic mass is 9.80. The number of hydrogen-bond acceptors (Lipinski definition) is 13. The van der Waals surface area contributed by atoms with Crippen LogP contribution in [0.5, 0.6) is 11.5 Å². The number of ether oxygens (including phenoxy) is 4. The van der Waals surface area contributed by atoms with Crippen molar-refractivity contribution in [3.63, 3.8) is 0 Å². The maximum absolute atomic E-state index is 13.6. The molecule has 1 fully saturated rings. The molecule has 1 unspecified atom stereocenters. The number of aromatic amines is 1. The molecule has 2 aromatic heterocycles. The molecule has 0 amide bonds. The van der Waals surface area contributed by atoms with Crippen molar-refractivity contribution >= 4 is 40.3 Å². The fourth-order valence-electron chi connectivity index (χ4n) is 7.85. The van der Waals surface area contributed by atoms with Crippen LogP contribution in [0, 0.1) is 11.3 Å². The van der Waals surface area contributed by atoms with Crippen LogP contribution < -0.4 is 15.0 Å². The van der Waals surface area contributed by atoms with Crippen LogP contribution >= 0.6 is 8.53 Å². The van der Waals surface area contributed by atoms with Gasteiger partial charge < -0.3 is 37.3 Å². The zero-order chi connectivity index (χ0) is 48.7. The van der Waals surface area contributed by atoms with Gasteiger partial charge in [-0.3, -0.25) is 14.3 Å². The van der Waals surface area contributed by atoms with Gasteiger partial charge in [0.05, 0.1) is 52.6 Å². The molecule has 0 radical (unpaired) electrons. The molecule has 1 N–H and O–H groups in total. The number of benzene rings is 3. The molecule has 360 valence electrons. The Morgan fingerprint density at radius 3 is 2.03 bits per heavy atom. The Kier molecular flexibility index (Phi) is 16.8. The zero-order valence-corrected chi connectivity index (χ0v) is 43.0. The highest BCUT2D eigenvalue weighted by Gasteiger charge is 2.54. The van der Waals surface area contributed by atoms with Crippen LogP contribution in [0.2, 0.25) is 18.1 Å². The molecule has 6 rings (SSSR count). The van der Waals surface area contributed by atoms with Crippen LogP contribution in [0.15, 0.2) is 95.0 Å². The number of aliphatic imine (C=N–C) groups is 1. The number of fused-ring (bicyclic) bond motifs is 1. The number of imidazole rings is 1. The highest BCUT2D eigenvalue weighted by atomic mass is 31.2. The molecule has 0 spiro atoms. The number of H-pyrrole nitrogens is 1. The molecule has 18 heteroatoms. The minimum absolute atomic E-state index is 0.00584. The summed E-state index contributed by atoms with van der Waals surface area (Å²) in [6, 6.07) is 28.0. The molecule has 0 bridgehead atoms. The standard InChI is InChI=1S/C49H67N8O8PSi/c1-33(2)57(34(3)4)66(62-29-17-28-50)64-42-40(30-61-49(35-18-15-14-16-19-35,36-20-24-38(59-10)25-21-36)37-22-26-39(60-11)27-23-37)63-46(43(42)65-67(12,13)48(5,6)7)56-32-51-41-44(56)53-47(54-45(41)58)52-31-55(8)9/h14-16,18-27,31-34,40,42-43,46H,17,29-30H2,1-13H3,(H,53,54,58)/b52-31+/t40-,42-,43-,46-,66?/m1/s1. The number of nitrogens with zero attached hydrogens (tertiary/aromatic N) is 7. The summed E-state index contributed by atoms with van der Waals surface area (Å²) < 4.78 is 51.4. The molecule has 3 aromatic carbocycles. The summed E-state index contributed by atoms with van der Waals surface area (Å²) in [5, 5.41) is 9.39. The molecular weight excluding hydrogens is 888 g/mol. The average Bonchev–Trinajstić information content (AvgIpc) is 3.86. The lowest BCUT2D eigenvalue weighted by molar-refractivity contribution is -0.0926. The van der Waals surface area contributed by atoms with E-state index in [1.807, 2.05) is 93.0 Å². The molecule has 1 aliphatic heterocycles. The summed E-state index contributed by atoms with van der Waals surface area (Å²) in [6.07, 6.45) is -0.0900. The van der Waals surface area contributed by atoms with Crippen LogP contribution in [0.4, 0.5) is 5.95 Å². The van der Waals surface area contributed by atoms with Crippen LogP contribution in [-0.4, -0.2) is 116 Å². The van der Waals surface area contributed by atoms with Gasteiger partial charge in [0.2, 0.25) is 5.95 Å². The van der Waals surface area contributed by atoms with Crippen LogP contribution in [-0.2, 0) is 28.5 Å². The molecule has 16 nitrogen and oxygen atoms in total. The first-order chi connectivity index (χ1) is 31.8. The van der Waals surface area contributed by atoms with E-state index in [1.54, 1.807) is 36.4 Å². The van der Waals surface area contributed by atoms with Crippen LogP contribution in [0.3, 0.4) is 0 Å². The van der Waals surface area contributed by atoms with Crippen molar-refractivity contribution in [1.29, 1.82) is 5.26 Å². The average molecular weight is 955 g/mol. The Bertz CT molecular complexity index is 2450. The first-order valence-corrected chi connectivity index (χ1v) is 26.6. The summed E-state index contributed by atoms with van der Waals surface area (Å²) in [7, 11) is 2.45. The third-order valence-corrected chi connectivity index (χ3v) is 18.7. The molecule has 67 heavy (non-hydrogen) atoms. The Morgan fingerprint density at radius 2 is 1.51 bits per heavy atom. The van der Waals surface area contributed by atoms with E-state index in [4.69, 9.17) is 37.4 Å². The number of methoxy groups -OCH3 is 2. The number of rotatable bonds is 21. The van der Waals surface area contributed by atoms with Gasteiger partial charge in [0.25, 0.3) is 14.1 Å². The van der Waals surface area contributed by atoms with Gasteiger partial charge in [-0.15, -0.1) is 0 Å². The predicted molar refractivity (Wildman–Crippen MR) is 264 cm³/mol. The van der Waals surface area contributed by atoms with Crippen molar-refractivity contribution in [3.8, 4) is 17.6 Å². The second-order valence-corrected chi connectivity index (χ2v) is 24.9. The molecule has 5 atom stereocenters. The zero-order valence-electron chi connectivity index (χ0n) is 41.1. The van der Waals surface area contributed by atoms with Crippen LogP contribution in [0.1, 0.15) is 77.8 Å². The topological polar surface area (TPSA) is 171 Å². The third-order valence-electron chi connectivity index (χ3n) is 12.1. The van der Waals surface area contributed by atoms with Gasteiger partial charge in [-0.1, -0.05) is 75.4 Å². The van der Waals surface area contributed by atoms with E-state index in [9.17, 15) is 10.1 Å². The quantitative estimate of drug-likeness (QED) is 0.0185. The Morgan fingerprint density at radius 1 is 0.925 bits per heavy atom. The SMILES string of the molecule is COc1ccc(C(OC[C@H]2O[C@@H](n3cnc4c(=O)[nH]c(/N=C/N(C)C)nc43)[C@H](O[Si](C)(C)C(C)(C)C)[C@@H]2OP(OCCC#N)N(C(C)C)C(C)C)(c2ccccc2)c2ccc(OC)cc2)cc1. The smallest absolute Gasteiger partial charge is 0.280 e. The first-order valence-electron chi connectivity index (χ1n) is 22.6. The second-order valence-electron chi connectivity index (χ2n) is 18.8. The first kappa shape index (κ1) is 51.4. The Balaban J connectivity index is 1.59. The second kappa shape index (κ2) is 21.9. The third kappa shape index (κ3) is 11.5. The number of hydrogen-bond donors (Lipinski definition) is 1. The minimum Gasteiger partial charge on any atom is -0.497 e. The maximum Gasteiger partial charge on any atom is 0.280 e. The minimum atomic E-state index is -2.66. The molecule has 1 aliphatic rings. The fourth-order valence-corrected chi connectivity index (χ4v) is 10.9. The van der Waals surface area contributed by atoms with E-state index >= 15 is 0 Å². The maximum atomic E-state index is 13.6. The van der Waals surface area contributed by atoms with Gasteiger partial charge in [0.15, 0.2) is 25.7 Å². The number of aromatic nitrogens is 4. The lowest BCUT2D eigenvalue weighted by Gasteiger charge is -2.42. The summed E-state index contributed by atoms with van der Waals surface area (Å²) >= 11 is 0. The highest BCUT2D eigenvalue weighted by molar-refractivity contribution is 7.44. The number of nitriles is 1. The molecule has 1 saturated heterocycles. The van der Waals surface area contributed by atoms with E-state index in [1.165, 1.54) is 0 Å². The molecular formula is C49H67N8O8PSi. The molecule has 0 aliphatic carbocycles. The van der Waals surface area contributed by atoms with Crippen molar-refractivity contribution in [2.24, 2.45) is 4.99 Å². The lowest BCUT2D eigenvalue weighted by Crippen LogP contribution is -2.50. The fraction of sp³-hybridized carbons (Fsp3) is 0.490. The van der Waals surface area contributed by atoms with Crippen molar-refractivity contribution < 1.29 is 32.4 Å². The number of nitrogens with one attached hydrogen (secondary N) is 1. The van der Waals surface area contributed by atoms with Crippen molar-refractivity contribution in [2.45, 2.75) is 115 Å². The summed E-state index contributed by atoms with van der Waals surface area (Å²) in [5.41, 5.74) is 1.28.